The highest BCUT2D eigenvalue weighted by Crippen LogP contribution is 2.35. The second kappa shape index (κ2) is 10.7. The molecule has 0 bridgehead atoms. The third-order valence-electron chi connectivity index (χ3n) is 5.04. The van der Waals surface area contributed by atoms with Crippen molar-refractivity contribution in [3.8, 4) is 34.5 Å². The van der Waals surface area contributed by atoms with Gasteiger partial charge in [-0.15, -0.1) is 0 Å². The normalized spacial score (nSPS) is 10.6. The predicted octanol–water partition coefficient (Wildman–Crippen LogP) is 5.44. The Labute approximate surface area is 193 Å². The lowest BCUT2D eigenvalue weighted by atomic mass is 10.2. The quantitative estimate of drug-likeness (QED) is 0.319. The lowest BCUT2D eigenvalue weighted by Gasteiger charge is -2.13. The van der Waals surface area contributed by atoms with Crippen molar-refractivity contribution in [3.63, 3.8) is 0 Å². The van der Waals surface area contributed by atoms with E-state index in [1.165, 1.54) is 0 Å². The molecule has 0 atom stereocenters. The molecule has 0 radical (unpaired) electrons. The fourth-order valence-electron chi connectivity index (χ4n) is 3.21. The lowest BCUT2D eigenvalue weighted by molar-refractivity contribution is 0.439. The van der Waals surface area contributed by atoms with Crippen molar-refractivity contribution in [1.82, 2.24) is 0 Å². The summed E-state index contributed by atoms with van der Waals surface area (Å²) in [6.07, 6.45) is 0. The first kappa shape index (κ1) is 22.4. The number of benzene rings is 4. The van der Waals surface area contributed by atoms with Gasteiger partial charge in [-0.1, -0.05) is 36.4 Å². The summed E-state index contributed by atoms with van der Waals surface area (Å²) in [5.41, 5.74) is 20.2. The van der Waals surface area contributed by atoms with Crippen LogP contribution in [0.15, 0.2) is 91.0 Å². The van der Waals surface area contributed by atoms with Crippen LogP contribution in [0.2, 0.25) is 0 Å². The highest BCUT2D eigenvalue weighted by Gasteiger charge is 2.09. The minimum Gasteiger partial charge on any atom is -0.457 e. The molecule has 0 fully saturated rings. The molecule has 0 aromatic heterocycles. The van der Waals surface area contributed by atoms with E-state index in [2.05, 4.69) is 0 Å². The Kier molecular flexibility index (Phi) is 7.22. The van der Waals surface area contributed by atoms with Gasteiger partial charge in [-0.2, -0.15) is 0 Å². The molecule has 4 aromatic rings. The average Bonchev–Trinajstić information content (AvgIpc) is 2.85. The molecule has 4 rings (SSSR count). The molecule has 0 heterocycles. The largest absolute Gasteiger partial charge is 0.457 e. The van der Waals surface area contributed by atoms with Crippen molar-refractivity contribution in [2.45, 2.75) is 19.6 Å². The van der Waals surface area contributed by atoms with E-state index in [9.17, 15) is 0 Å². The van der Waals surface area contributed by atoms with E-state index >= 15 is 0 Å². The first-order valence-corrected chi connectivity index (χ1v) is 10.7. The summed E-state index contributed by atoms with van der Waals surface area (Å²) in [5, 5.41) is 0. The number of nitrogens with two attached hydrogens (primary N) is 3. The Hall–Kier alpha value is -3.84. The molecule has 33 heavy (non-hydrogen) atoms. The fraction of sp³-hybridized carbons (Fsp3) is 0.111. The zero-order valence-electron chi connectivity index (χ0n) is 18.2. The second-order valence-corrected chi connectivity index (χ2v) is 7.49. The van der Waals surface area contributed by atoms with E-state index in [-0.39, 0.29) is 0 Å². The Balaban J connectivity index is 1.61. The Morgan fingerprint density at radius 2 is 0.606 bits per heavy atom. The SMILES string of the molecule is NCc1ccc(Oc2cc(Oc3ccc(CN)cc3)cc(Oc3ccc(CN)cc3)c2)cc1. The molecule has 4 aromatic carbocycles. The molecule has 6 nitrogen and oxygen atoms in total. The van der Waals surface area contributed by atoms with Crippen LogP contribution >= 0.6 is 0 Å². The van der Waals surface area contributed by atoms with Gasteiger partial charge >= 0.3 is 0 Å². The molecular weight excluding hydrogens is 414 g/mol. The van der Waals surface area contributed by atoms with Gasteiger partial charge in [0.2, 0.25) is 0 Å². The van der Waals surface area contributed by atoms with Gasteiger partial charge in [0.25, 0.3) is 0 Å². The number of hydrogen-bond donors (Lipinski definition) is 3. The molecule has 168 valence electrons. The summed E-state index contributed by atoms with van der Waals surface area (Å²) in [6, 6.07) is 28.4. The molecule has 0 aliphatic carbocycles. The molecule has 0 aliphatic rings. The third kappa shape index (κ3) is 6.11. The molecule has 0 saturated carbocycles. The van der Waals surface area contributed by atoms with Gasteiger partial charge < -0.3 is 31.4 Å². The molecule has 0 aliphatic heterocycles. The zero-order chi connectivity index (χ0) is 23.0. The molecule has 6 N–H and O–H groups in total. The van der Waals surface area contributed by atoms with Crippen LogP contribution in [-0.4, -0.2) is 0 Å². The molecule has 0 amide bonds. The van der Waals surface area contributed by atoms with E-state index in [1.54, 1.807) is 0 Å². The summed E-state index contributed by atoms with van der Waals surface area (Å²) in [4.78, 5) is 0. The van der Waals surface area contributed by atoms with E-state index in [4.69, 9.17) is 31.4 Å². The molecular formula is C27H27N3O3. The zero-order valence-corrected chi connectivity index (χ0v) is 18.2. The Morgan fingerprint density at radius 3 is 0.818 bits per heavy atom. The maximum atomic E-state index is 6.07. The average molecular weight is 442 g/mol. The maximum Gasteiger partial charge on any atom is 0.134 e. The summed E-state index contributed by atoms with van der Waals surface area (Å²) in [6.45, 7) is 1.44. The minimum absolute atomic E-state index is 0.480. The van der Waals surface area contributed by atoms with Crippen LogP contribution in [0, 0.1) is 0 Å². The molecule has 0 saturated heterocycles. The van der Waals surface area contributed by atoms with Crippen molar-refractivity contribution in [2.75, 3.05) is 0 Å². The van der Waals surface area contributed by atoms with Crippen molar-refractivity contribution in [2.24, 2.45) is 17.2 Å². The summed E-state index contributed by atoms with van der Waals surface area (Å²) in [7, 11) is 0. The Morgan fingerprint density at radius 1 is 0.364 bits per heavy atom. The fourth-order valence-corrected chi connectivity index (χ4v) is 3.21. The van der Waals surface area contributed by atoms with Crippen LogP contribution in [0.3, 0.4) is 0 Å². The Bertz CT molecular complexity index is 1010. The van der Waals surface area contributed by atoms with E-state index in [0.717, 1.165) is 16.7 Å². The predicted molar refractivity (Wildman–Crippen MR) is 130 cm³/mol. The first-order chi connectivity index (χ1) is 16.1. The minimum atomic E-state index is 0.480. The summed E-state index contributed by atoms with van der Waals surface area (Å²) >= 11 is 0. The summed E-state index contributed by atoms with van der Waals surface area (Å²) in [5.74, 6) is 3.82. The topological polar surface area (TPSA) is 106 Å². The molecule has 0 unspecified atom stereocenters. The maximum absolute atomic E-state index is 6.07. The monoisotopic (exact) mass is 441 g/mol. The van der Waals surface area contributed by atoms with E-state index in [1.807, 2.05) is 91.0 Å². The second-order valence-electron chi connectivity index (χ2n) is 7.49. The van der Waals surface area contributed by atoms with Crippen LogP contribution in [0.1, 0.15) is 16.7 Å². The van der Waals surface area contributed by atoms with E-state index < -0.39 is 0 Å². The number of rotatable bonds is 9. The highest BCUT2D eigenvalue weighted by atomic mass is 16.5. The van der Waals surface area contributed by atoms with Crippen LogP contribution < -0.4 is 31.4 Å². The van der Waals surface area contributed by atoms with Crippen molar-refractivity contribution in [1.29, 1.82) is 0 Å². The van der Waals surface area contributed by atoms with Gasteiger partial charge in [0.05, 0.1) is 0 Å². The van der Waals surface area contributed by atoms with Crippen molar-refractivity contribution in [3.05, 3.63) is 108 Å². The smallest absolute Gasteiger partial charge is 0.134 e. The number of hydrogen-bond acceptors (Lipinski definition) is 6. The third-order valence-corrected chi connectivity index (χ3v) is 5.04. The highest BCUT2D eigenvalue weighted by molar-refractivity contribution is 5.47. The van der Waals surface area contributed by atoms with Gasteiger partial charge in [-0.25, -0.2) is 0 Å². The van der Waals surface area contributed by atoms with Gasteiger partial charge in [0.1, 0.15) is 34.5 Å². The van der Waals surface area contributed by atoms with Crippen LogP contribution in [0.4, 0.5) is 0 Å². The number of ether oxygens (including phenoxy) is 3. The summed E-state index contributed by atoms with van der Waals surface area (Å²) < 4.78 is 18.2. The first-order valence-electron chi connectivity index (χ1n) is 10.7. The van der Waals surface area contributed by atoms with Crippen LogP contribution in [0.5, 0.6) is 34.5 Å². The van der Waals surface area contributed by atoms with Crippen LogP contribution in [0.25, 0.3) is 0 Å². The van der Waals surface area contributed by atoms with Crippen molar-refractivity contribution >= 4 is 0 Å². The van der Waals surface area contributed by atoms with Gasteiger partial charge in [0.15, 0.2) is 0 Å². The van der Waals surface area contributed by atoms with E-state index in [0.29, 0.717) is 54.1 Å². The van der Waals surface area contributed by atoms with Crippen LogP contribution in [-0.2, 0) is 19.6 Å². The van der Waals surface area contributed by atoms with Crippen molar-refractivity contribution < 1.29 is 14.2 Å². The standard InChI is InChI=1S/C27H27N3O3/c28-16-19-1-7-22(8-2-19)31-25-13-26(32-23-9-3-20(17-29)4-10-23)15-27(14-25)33-24-11-5-21(18-30)6-12-24/h1-15H,16-18,28-30H2. The molecule has 0 spiro atoms. The lowest BCUT2D eigenvalue weighted by Crippen LogP contribution is -1.96. The molecule has 6 heteroatoms. The van der Waals surface area contributed by atoms with Gasteiger partial charge in [-0.05, 0) is 53.1 Å². The van der Waals surface area contributed by atoms with Gasteiger partial charge in [0, 0.05) is 37.8 Å². The van der Waals surface area contributed by atoms with Gasteiger partial charge in [-0.3, -0.25) is 0 Å².